The van der Waals surface area contributed by atoms with Crippen LogP contribution in [-0.4, -0.2) is 22.8 Å². The lowest BCUT2D eigenvalue weighted by molar-refractivity contribution is 0.0992. The standard InChI is InChI=1S/C25H24BrN3O4/c1-16-24(17(2)29(28-16)14-18-7-6-8-19(13-18)31-3)27-25(30)23-12-11-20(33-23)15-32-22-10-5-4-9-21(22)26/h4-13H,14-15H2,1-3H3,(H,27,30). The van der Waals surface area contributed by atoms with E-state index in [2.05, 4.69) is 26.3 Å². The molecule has 7 nitrogen and oxygen atoms in total. The number of aromatic nitrogens is 2. The molecule has 4 rings (SSSR count). The summed E-state index contributed by atoms with van der Waals surface area (Å²) in [6.45, 7) is 4.57. The molecule has 2 aromatic heterocycles. The maximum atomic E-state index is 12.8. The predicted octanol–water partition coefficient (Wildman–Crippen LogP) is 5.74. The molecule has 0 aliphatic rings. The second-order valence-electron chi connectivity index (χ2n) is 7.49. The summed E-state index contributed by atoms with van der Waals surface area (Å²) < 4.78 is 19.5. The molecule has 170 valence electrons. The third-order valence-electron chi connectivity index (χ3n) is 5.18. The largest absolute Gasteiger partial charge is 0.497 e. The second-order valence-corrected chi connectivity index (χ2v) is 8.35. The van der Waals surface area contributed by atoms with Crippen molar-refractivity contribution in [2.24, 2.45) is 0 Å². The van der Waals surface area contributed by atoms with Gasteiger partial charge in [-0.2, -0.15) is 5.10 Å². The van der Waals surface area contributed by atoms with Gasteiger partial charge in [0, 0.05) is 0 Å². The Kier molecular flexibility index (Phi) is 6.84. The number of rotatable bonds is 8. The van der Waals surface area contributed by atoms with Crippen LogP contribution in [0.4, 0.5) is 5.69 Å². The molecule has 0 saturated carbocycles. The highest BCUT2D eigenvalue weighted by Crippen LogP contribution is 2.26. The number of halogens is 1. The van der Waals surface area contributed by atoms with E-state index >= 15 is 0 Å². The quantitative estimate of drug-likeness (QED) is 0.327. The lowest BCUT2D eigenvalue weighted by Crippen LogP contribution is -2.12. The maximum Gasteiger partial charge on any atom is 0.291 e. The Bertz CT molecular complexity index is 1280. The van der Waals surface area contributed by atoms with Crippen LogP contribution in [0.1, 0.15) is 33.3 Å². The zero-order valence-electron chi connectivity index (χ0n) is 18.6. The van der Waals surface area contributed by atoms with Gasteiger partial charge in [0.05, 0.1) is 35.2 Å². The minimum atomic E-state index is -0.339. The van der Waals surface area contributed by atoms with Crippen molar-refractivity contribution < 1.29 is 18.7 Å². The lowest BCUT2D eigenvalue weighted by atomic mass is 10.2. The van der Waals surface area contributed by atoms with E-state index < -0.39 is 0 Å². The van der Waals surface area contributed by atoms with Gasteiger partial charge in [0.2, 0.25) is 0 Å². The number of carbonyl (C=O) groups excluding carboxylic acids is 1. The van der Waals surface area contributed by atoms with Crippen molar-refractivity contribution in [3.05, 3.63) is 93.6 Å². The van der Waals surface area contributed by atoms with Crippen LogP contribution in [0.2, 0.25) is 0 Å². The number of anilines is 1. The molecule has 8 heteroatoms. The van der Waals surface area contributed by atoms with Gasteiger partial charge >= 0.3 is 0 Å². The molecular formula is C25H24BrN3O4. The molecule has 1 amide bonds. The molecule has 4 aromatic rings. The third-order valence-corrected chi connectivity index (χ3v) is 5.83. The first-order valence-electron chi connectivity index (χ1n) is 10.4. The number of methoxy groups -OCH3 is 1. The van der Waals surface area contributed by atoms with Gasteiger partial charge in [-0.05, 0) is 71.7 Å². The average molecular weight is 510 g/mol. The van der Waals surface area contributed by atoms with Crippen LogP contribution in [0.25, 0.3) is 0 Å². The van der Waals surface area contributed by atoms with Gasteiger partial charge in [0.25, 0.3) is 5.91 Å². The fraction of sp³-hybridized carbons (Fsp3) is 0.200. The summed E-state index contributed by atoms with van der Waals surface area (Å²) in [7, 11) is 1.64. The Morgan fingerprint density at radius 2 is 1.94 bits per heavy atom. The second kappa shape index (κ2) is 9.95. The molecule has 0 unspecified atom stereocenters. The fourth-order valence-corrected chi connectivity index (χ4v) is 3.84. The molecule has 0 fully saturated rings. The van der Waals surface area contributed by atoms with Gasteiger partial charge in [0.1, 0.15) is 23.9 Å². The van der Waals surface area contributed by atoms with Crippen molar-refractivity contribution >= 4 is 27.5 Å². The molecule has 2 aromatic carbocycles. The van der Waals surface area contributed by atoms with Crippen LogP contribution in [0.15, 0.2) is 69.6 Å². The monoisotopic (exact) mass is 509 g/mol. The van der Waals surface area contributed by atoms with Gasteiger partial charge in [-0.15, -0.1) is 0 Å². The highest BCUT2D eigenvalue weighted by atomic mass is 79.9. The summed E-state index contributed by atoms with van der Waals surface area (Å²) in [5, 5.41) is 7.52. The van der Waals surface area contributed by atoms with Crippen molar-refractivity contribution in [1.29, 1.82) is 0 Å². The molecule has 0 spiro atoms. The first-order valence-corrected chi connectivity index (χ1v) is 11.2. The number of furan rings is 1. The van der Waals surface area contributed by atoms with E-state index in [1.165, 1.54) is 0 Å². The Hall–Kier alpha value is -3.52. The van der Waals surface area contributed by atoms with E-state index in [0.717, 1.165) is 27.2 Å². The van der Waals surface area contributed by atoms with Crippen molar-refractivity contribution in [1.82, 2.24) is 9.78 Å². The Morgan fingerprint density at radius 3 is 2.73 bits per heavy atom. The molecule has 0 aliphatic heterocycles. The maximum absolute atomic E-state index is 12.8. The fourth-order valence-electron chi connectivity index (χ4n) is 3.44. The lowest BCUT2D eigenvalue weighted by Gasteiger charge is -2.08. The van der Waals surface area contributed by atoms with E-state index in [9.17, 15) is 4.79 Å². The number of benzene rings is 2. The number of amides is 1. The molecule has 0 aliphatic carbocycles. The first kappa shape index (κ1) is 22.7. The zero-order chi connectivity index (χ0) is 23.4. The predicted molar refractivity (Wildman–Crippen MR) is 129 cm³/mol. The third kappa shape index (κ3) is 5.28. The molecular weight excluding hydrogens is 486 g/mol. The van der Waals surface area contributed by atoms with E-state index in [-0.39, 0.29) is 18.3 Å². The minimum Gasteiger partial charge on any atom is -0.497 e. The normalized spacial score (nSPS) is 10.8. The molecule has 0 radical (unpaired) electrons. The molecule has 0 bridgehead atoms. The Labute approximate surface area is 200 Å². The van der Waals surface area contributed by atoms with Crippen LogP contribution in [0, 0.1) is 13.8 Å². The number of nitrogens with one attached hydrogen (secondary N) is 1. The number of para-hydroxylation sites is 1. The SMILES string of the molecule is COc1cccc(Cn2nc(C)c(NC(=O)c3ccc(COc4ccccc4Br)o3)c2C)c1. The van der Waals surface area contributed by atoms with E-state index in [4.69, 9.17) is 13.9 Å². The molecule has 33 heavy (non-hydrogen) atoms. The van der Waals surface area contributed by atoms with Gasteiger partial charge in [-0.25, -0.2) is 0 Å². The van der Waals surface area contributed by atoms with Crippen LogP contribution in [-0.2, 0) is 13.2 Å². The van der Waals surface area contributed by atoms with Crippen LogP contribution < -0.4 is 14.8 Å². The van der Waals surface area contributed by atoms with Crippen LogP contribution >= 0.6 is 15.9 Å². The van der Waals surface area contributed by atoms with Gasteiger partial charge < -0.3 is 19.2 Å². The Balaban J connectivity index is 1.43. The van der Waals surface area contributed by atoms with Crippen molar-refractivity contribution in [3.63, 3.8) is 0 Å². The summed E-state index contributed by atoms with van der Waals surface area (Å²) in [4.78, 5) is 12.8. The number of aryl methyl sites for hydroxylation is 1. The van der Waals surface area contributed by atoms with Crippen LogP contribution in [0.3, 0.4) is 0 Å². The number of hydrogen-bond acceptors (Lipinski definition) is 5. The minimum absolute atomic E-state index is 0.208. The van der Waals surface area contributed by atoms with Crippen molar-refractivity contribution in [3.8, 4) is 11.5 Å². The van der Waals surface area contributed by atoms with Crippen molar-refractivity contribution in [2.75, 3.05) is 12.4 Å². The topological polar surface area (TPSA) is 78.5 Å². The van der Waals surface area contributed by atoms with E-state index in [1.54, 1.807) is 19.2 Å². The summed E-state index contributed by atoms with van der Waals surface area (Å²) >= 11 is 3.44. The number of nitrogens with zero attached hydrogens (tertiary/aromatic N) is 2. The van der Waals surface area contributed by atoms with Crippen molar-refractivity contribution in [2.45, 2.75) is 27.0 Å². The molecule has 0 saturated heterocycles. The summed E-state index contributed by atoms with van der Waals surface area (Å²) in [5.74, 6) is 1.92. The number of hydrogen-bond donors (Lipinski definition) is 1. The van der Waals surface area contributed by atoms with Crippen LogP contribution in [0.5, 0.6) is 11.5 Å². The van der Waals surface area contributed by atoms with Gasteiger partial charge in [-0.1, -0.05) is 24.3 Å². The average Bonchev–Trinajstić information content (AvgIpc) is 3.39. The summed E-state index contributed by atoms with van der Waals surface area (Å²) in [5.41, 5.74) is 3.31. The van der Waals surface area contributed by atoms with E-state index in [0.29, 0.717) is 23.7 Å². The van der Waals surface area contributed by atoms with Gasteiger partial charge in [0.15, 0.2) is 5.76 Å². The highest BCUT2D eigenvalue weighted by molar-refractivity contribution is 9.10. The summed E-state index contributed by atoms with van der Waals surface area (Å²) in [6.07, 6.45) is 0. The summed E-state index contributed by atoms with van der Waals surface area (Å²) in [6, 6.07) is 18.7. The van der Waals surface area contributed by atoms with E-state index in [1.807, 2.05) is 67.1 Å². The molecule has 0 atom stereocenters. The zero-order valence-corrected chi connectivity index (χ0v) is 20.2. The number of ether oxygens (including phenoxy) is 2. The molecule has 1 N–H and O–H groups in total. The Morgan fingerprint density at radius 1 is 1.12 bits per heavy atom. The highest BCUT2D eigenvalue weighted by Gasteiger charge is 2.18. The van der Waals surface area contributed by atoms with Gasteiger partial charge in [-0.3, -0.25) is 9.48 Å². The number of carbonyl (C=O) groups is 1. The molecule has 2 heterocycles. The first-order chi connectivity index (χ1) is 15.9. The smallest absolute Gasteiger partial charge is 0.291 e.